The van der Waals surface area contributed by atoms with Crippen molar-refractivity contribution in [3.8, 4) is 6.07 Å². The first kappa shape index (κ1) is 19.9. The first-order chi connectivity index (χ1) is 15.0. The second kappa shape index (κ2) is 7.89. The highest BCUT2D eigenvalue weighted by Gasteiger charge is 2.44. The van der Waals surface area contributed by atoms with E-state index < -0.39 is 11.6 Å². The second-order valence-corrected chi connectivity index (χ2v) is 8.69. The Morgan fingerprint density at radius 1 is 1.06 bits per heavy atom. The van der Waals surface area contributed by atoms with Crippen molar-refractivity contribution in [3.63, 3.8) is 0 Å². The van der Waals surface area contributed by atoms with Crippen LogP contribution >= 0.6 is 0 Å². The molecule has 2 aromatic rings. The van der Waals surface area contributed by atoms with E-state index in [1.807, 2.05) is 11.0 Å². The predicted molar refractivity (Wildman–Crippen MR) is 110 cm³/mol. The lowest BCUT2D eigenvalue weighted by atomic mass is 9.96. The molecule has 1 aromatic heterocycles. The van der Waals surface area contributed by atoms with E-state index >= 15 is 0 Å². The maximum Gasteiger partial charge on any atom is 0.228 e. The third-order valence-electron chi connectivity index (χ3n) is 6.63. The number of hydrogen-bond donors (Lipinski definition) is 0. The highest BCUT2D eigenvalue weighted by Crippen LogP contribution is 2.35. The summed E-state index contributed by atoms with van der Waals surface area (Å²) < 4.78 is 26.5. The number of benzene rings is 1. The molecule has 31 heavy (non-hydrogen) atoms. The van der Waals surface area contributed by atoms with Gasteiger partial charge in [0.25, 0.3) is 0 Å². The van der Waals surface area contributed by atoms with Gasteiger partial charge in [-0.1, -0.05) is 6.07 Å². The van der Waals surface area contributed by atoms with Crippen LogP contribution in [-0.4, -0.2) is 59.0 Å². The monoisotopic (exact) mass is 423 g/mol. The molecule has 160 valence electrons. The van der Waals surface area contributed by atoms with Crippen LogP contribution in [0.15, 0.2) is 36.5 Å². The maximum atomic E-state index is 13.4. The van der Waals surface area contributed by atoms with Gasteiger partial charge in [0.05, 0.1) is 11.5 Å². The minimum absolute atomic E-state index is 0.0377. The Labute approximate surface area is 179 Å². The van der Waals surface area contributed by atoms with Crippen molar-refractivity contribution in [3.05, 3.63) is 59.3 Å². The number of halogens is 2. The molecule has 0 radical (unpaired) electrons. The van der Waals surface area contributed by atoms with Crippen molar-refractivity contribution in [2.24, 2.45) is 5.92 Å². The molecule has 4 heterocycles. The van der Waals surface area contributed by atoms with Crippen LogP contribution in [0.4, 0.5) is 14.6 Å². The number of carbonyl (C=O) groups is 1. The van der Waals surface area contributed by atoms with Gasteiger partial charge in [0.2, 0.25) is 5.91 Å². The van der Waals surface area contributed by atoms with Crippen LogP contribution in [0.2, 0.25) is 0 Å². The molecule has 0 aliphatic carbocycles. The molecule has 3 fully saturated rings. The first-order valence-corrected chi connectivity index (χ1v) is 10.6. The number of amides is 1. The lowest BCUT2D eigenvalue weighted by Crippen LogP contribution is -2.60. The molecular weight excluding hydrogens is 400 g/mol. The molecule has 2 atom stereocenters. The summed E-state index contributed by atoms with van der Waals surface area (Å²) in [4.78, 5) is 23.9. The van der Waals surface area contributed by atoms with Crippen LogP contribution < -0.4 is 4.90 Å². The predicted octanol–water partition coefficient (Wildman–Crippen LogP) is 2.54. The van der Waals surface area contributed by atoms with Crippen LogP contribution in [0, 0.1) is 28.9 Å². The molecule has 6 nitrogen and oxygen atoms in total. The van der Waals surface area contributed by atoms with Crippen LogP contribution in [0.1, 0.15) is 24.0 Å². The van der Waals surface area contributed by atoms with Gasteiger partial charge in [0, 0.05) is 51.0 Å². The molecular formula is C23H23F2N5O. The van der Waals surface area contributed by atoms with Gasteiger partial charge in [-0.05, 0) is 42.7 Å². The van der Waals surface area contributed by atoms with E-state index in [9.17, 15) is 13.6 Å². The lowest BCUT2D eigenvalue weighted by Gasteiger charge is -2.45. The van der Waals surface area contributed by atoms with E-state index in [4.69, 9.17) is 5.26 Å². The molecule has 3 saturated heterocycles. The summed E-state index contributed by atoms with van der Waals surface area (Å²) in [6, 6.07) is 10.2. The van der Waals surface area contributed by atoms with Gasteiger partial charge in [0.15, 0.2) is 11.6 Å². The van der Waals surface area contributed by atoms with Gasteiger partial charge in [-0.25, -0.2) is 13.8 Å². The minimum Gasteiger partial charge on any atom is -0.347 e. The number of anilines is 1. The summed E-state index contributed by atoms with van der Waals surface area (Å²) in [7, 11) is 0. The minimum atomic E-state index is -0.842. The molecule has 1 aromatic carbocycles. The summed E-state index contributed by atoms with van der Waals surface area (Å²) >= 11 is 0. The van der Waals surface area contributed by atoms with Gasteiger partial charge in [-0.15, -0.1) is 0 Å². The number of aromatic nitrogens is 1. The van der Waals surface area contributed by atoms with Crippen molar-refractivity contribution >= 4 is 11.7 Å². The highest BCUT2D eigenvalue weighted by molar-refractivity contribution is 5.80. The van der Waals surface area contributed by atoms with E-state index in [-0.39, 0.29) is 23.9 Å². The number of rotatable bonds is 4. The van der Waals surface area contributed by atoms with E-state index in [1.165, 1.54) is 6.07 Å². The molecule has 2 bridgehead atoms. The van der Waals surface area contributed by atoms with Crippen LogP contribution in [-0.2, 0) is 11.3 Å². The van der Waals surface area contributed by atoms with Gasteiger partial charge in [0.1, 0.15) is 11.9 Å². The normalized spacial score (nSPS) is 23.5. The second-order valence-electron chi connectivity index (χ2n) is 8.69. The van der Waals surface area contributed by atoms with E-state index in [0.717, 1.165) is 24.7 Å². The molecule has 0 saturated carbocycles. The average molecular weight is 423 g/mol. The number of hydrogen-bond acceptors (Lipinski definition) is 5. The third-order valence-corrected chi connectivity index (χ3v) is 6.63. The smallest absolute Gasteiger partial charge is 0.228 e. The van der Waals surface area contributed by atoms with E-state index in [0.29, 0.717) is 43.9 Å². The number of nitrogens with zero attached hydrogens (tertiary/aromatic N) is 5. The Morgan fingerprint density at radius 3 is 2.42 bits per heavy atom. The van der Waals surface area contributed by atoms with Crippen LogP contribution in [0.5, 0.6) is 0 Å². The number of piperazine rings is 1. The summed E-state index contributed by atoms with van der Waals surface area (Å²) in [6.45, 7) is 3.19. The quantitative estimate of drug-likeness (QED) is 0.756. The van der Waals surface area contributed by atoms with E-state index in [1.54, 1.807) is 18.3 Å². The fourth-order valence-corrected chi connectivity index (χ4v) is 5.07. The fourth-order valence-electron chi connectivity index (χ4n) is 5.07. The number of nitriles is 1. The molecule has 3 aliphatic rings. The van der Waals surface area contributed by atoms with Gasteiger partial charge < -0.3 is 9.80 Å². The SMILES string of the molecule is N#Cc1ccc(N2C3CCC2CN(C(=O)C2CN(Cc4ccc(F)c(F)c4)C2)C3)nc1. The van der Waals surface area contributed by atoms with Crippen molar-refractivity contribution < 1.29 is 13.6 Å². The molecule has 2 unspecified atom stereocenters. The summed E-state index contributed by atoms with van der Waals surface area (Å²) in [5, 5.41) is 8.97. The topological polar surface area (TPSA) is 63.5 Å². The molecule has 3 aliphatic heterocycles. The number of likely N-dealkylation sites (tertiary alicyclic amines) is 2. The summed E-state index contributed by atoms with van der Waals surface area (Å²) in [6.07, 6.45) is 3.66. The summed E-state index contributed by atoms with van der Waals surface area (Å²) in [5.74, 6) is -0.656. The first-order valence-electron chi connectivity index (χ1n) is 10.6. The van der Waals surface area contributed by atoms with Crippen LogP contribution in [0.3, 0.4) is 0 Å². The molecule has 0 spiro atoms. The number of carbonyl (C=O) groups excluding carboxylic acids is 1. The molecule has 8 heteroatoms. The third kappa shape index (κ3) is 3.74. The standard InChI is InChI=1S/C23H23F2N5O/c24-20-5-1-15(7-21(20)25)10-28-11-17(12-28)23(31)29-13-18-3-4-19(14-29)30(18)22-6-2-16(8-26)9-27-22/h1-2,5-7,9,17-19H,3-4,10-14H2. The van der Waals surface area contributed by atoms with Gasteiger partial charge in [-0.2, -0.15) is 5.26 Å². The lowest BCUT2D eigenvalue weighted by molar-refractivity contribution is -0.142. The maximum absolute atomic E-state index is 13.4. The zero-order valence-corrected chi connectivity index (χ0v) is 17.0. The van der Waals surface area contributed by atoms with Crippen molar-refractivity contribution in [1.29, 1.82) is 5.26 Å². The fraction of sp³-hybridized carbons (Fsp3) is 0.435. The Bertz CT molecular complexity index is 1020. The Hall–Kier alpha value is -3.05. The number of pyridine rings is 1. The Balaban J connectivity index is 1.17. The zero-order valence-electron chi connectivity index (χ0n) is 17.0. The van der Waals surface area contributed by atoms with Crippen molar-refractivity contribution in [2.75, 3.05) is 31.1 Å². The Kier molecular flexibility index (Phi) is 5.06. The van der Waals surface area contributed by atoms with Crippen molar-refractivity contribution in [1.82, 2.24) is 14.8 Å². The van der Waals surface area contributed by atoms with Crippen LogP contribution in [0.25, 0.3) is 0 Å². The number of fused-ring (bicyclic) bond motifs is 2. The van der Waals surface area contributed by atoms with Crippen molar-refractivity contribution in [2.45, 2.75) is 31.5 Å². The Morgan fingerprint density at radius 2 is 1.81 bits per heavy atom. The van der Waals surface area contributed by atoms with Gasteiger partial charge in [-0.3, -0.25) is 9.69 Å². The zero-order chi connectivity index (χ0) is 21.5. The molecule has 5 rings (SSSR count). The van der Waals surface area contributed by atoms with E-state index in [2.05, 4.69) is 20.9 Å². The summed E-state index contributed by atoms with van der Waals surface area (Å²) in [5.41, 5.74) is 1.26. The highest BCUT2D eigenvalue weighted by atomic mass is 19.2. The molecule has 0 N–H and O–H groups in total. The van der Waals surface area contributed by atoms with Gasteiger partial charge >= 0.3 is 0 Å². The molecule has 1 amide bonds. The largest absolute Gasteiger partial charge is 0.347 e. The average Bonchev–Trinajstić information content (AvgIpc) is 3.01.